The molecular weight excluding hydrogens is 310 g/mol. The summed E-state index contributed by atoms with van der Waals surface area (Å²) in [6, 6.07) is 8.57. The second-order valence-corrected chi connectivity index (χ2v) is 5.05. The van der Waals surface area contributed by atoms with Gasteiger partial charge < -0.3 is 24.3 Å². The topological polar surface area (TPSA) is 66.0 Å². The molecule has 0 aliphatic heterocycles. The standard InChI is InChI=1S/C18H21NO5/c1-11-8-16(23-4)13(10-15(11)22-3)18(20)19-12-6-7-14(21-2)17(9-12)24-5/h6-10H,1-5H3,(H,19,20). The monoisotopic (exact) mass is 331 g/mol. The Bertz CT molecular complexity index is 742. The fourth-order valence-electron chi connectivity index (χ4n) is 2.34. The third kappa shape index (κ3) is 3.53. The molecule has 2 aromatic carbocycles. The van der Waals surface area contributed by atoms with Gasteiger partial charge in [0.2, 0.25) is 0 Å². The van der Waals surface area contributed by atoms with Crippen molar-refractivity contribution in [3.63, 3.8) is 0 Å². The average molecular weight is 331 g/mol. The first-order chi connectivity index (χ1) is 11.5. The summed E-state index contributed by atoms with van der Waals surface area (Å²) in [5.74, 6) is 1.91. The second kappa shape index (κ2) is 7.59. The van der Waals surface area contributed by atoms with Crippen LogP contribution in [-0.2, 0) is 0 Å². The molecule has 6 nitrogen and oxygen atoms in total. The Balaban J connectivity index is 2.33. The number of carbonyl (C=O) groups excluding carboxylic acids is 1. The molecule has 24 heavy (non-hydrogen) atoms. The van der Waals surface area contributed by atoms with Gasteiger partial charge in [-0.2, -0.15) is 0 Å². The van der Waals surface area contributed by atoms with Crippen molar-refractivity contribution < 1.29 is 23.7 Å². The Kier molecular flexibility index (Phi) is 5.52. The highest BCUT2D eigenvalue weighted by Crippen LogP contribution is 2.32. The van der Waals surface area contributed by atoms with Gasteiger partial charge in [0.1, 0.15) is 11.5 Å². The summed E-state index contributed by atoms with van der Waals surface area (Å²) >= 11 is 0. The van der Waals surface area contributed by atoms with Crippen molar-refractivity contribution in [2.45, 2.75) is 6.92 Å². The summed E-state index contributed by atoms with van der Waals surface area (Å²) in [5.41, 5.74) is 1.85. The molecule has 0 aliphatic rings. The predicted octanol–water partition coefficient (Wildman–Crippen LogP) is 3.28. The number of anilines is 1. The van der Waals surface area contributed by atoms with Crippen LogP contribution in [0.25, 0.3) is 0 Å². The molecule has 0 radical (unpaired) electrons. The number of amides is 1. The SMILES string of the molecule is COc1cc(C(=O)Nc2ccc(OC)c(OC)c2)c(OC)cc1C. The fraction of sp³-hybridized carbons (Fsp3) is 0.278. The third-order valence-electron chi connectivity index (χ3n) is 3.60. The number of rotatable bonds is 6. The van der Waals surface area contributed by atoms with Crippen LogP contribution in [0.3, 0.4) is 0 Å². The van der Waals surface area contributed by atoms with Gasteiger partial charge in [0.15, 0.2) is 11.5 Å². The molecule has 0 unspecified atom stereocenters. The van der Waals surface area contributed by atoms with E-state index in [4.69, 9.17) is 18.9 Å². The normalized spacial score (nSPS) is 10.0. The van der Waals surface area contributed by atoms with E-state index in [-0.39, 0.29) is 5.91 Å². The fourth-order valence-corrected chi connectivity index (χ4v) is 2.34. The molecule has 2 rings (SSSR count). The van der Waals surface area contributed by atoms with Gasteiger partial charge in [-0.1, -0.05) is 0 Å². The Morgan fingerprint density at radius 3 is 2.00 bits per heavy atom. The molecule has 0 saturated heterocycles. The van der Waals surface area contributed by atoms with E-state index in [0.717, 1.165) is 5.56 Å². The van der Waals surface area contributed by atoms with E-state index >= 15 is 0 Å². The first-order valence-electron chi connectivity index (χ1n) is 7.30. The highest BCUT2D eigenvalue weighted by Gasteiger charge is 2.16. The van der Waals surface area contributed by atoms with Crippen LogP contribution in [0.5, 0.6) is 23.0 Å². The van der Waals surface area contributed by atoms with E-state index in [1.807, 2.05) is 6.92 Å². The van der Waals surface area contributed by atoms with Crippen LogP contribution in [0.4, 0.5) is 5.69 Å². The summed E-state index contributed by atoms with van der Waals surface area (Å²) in [5, 5.41) is 2.82. The minimum atomic E-state index is -0.308. The van der Waals surface area contributed by atoms with Crippen molar-refractivity contribution in [3.8, 4) is 23.0 Å². The zero-order valence-corrected chi connectivity index (χ0v) is 14.4. The lowest BCUT2D eigenvalue weighted by molar-refractivity contribution is 0.102. The van der Waals surface area contributed by atoms with Crippen molar-refractivity contribution >= 4 is 11.6 Å². The molecule has 0 heterocycles. The number of benzene rings is 2. The molecular formula is C18H21NO5. The minimum Gasteiger partial charge on any atom is -0.496 e. The van der Waals surface area contributed by atoms with Crippen molar-refractivity contribution in [2.24, 2.45) is 0 Å². The molecule has 0 aliphatic carbocycles. The molecule has 0 fully saturated rings. The largest absolute Gasteiger partial charge is 0.496 e. The van der Waals surface area contributed by atoms with E-state index < -0.39 is 0 Å². The van der Waals surface area contributed by atoms with E-state index in [0.29, 0.717) is 34.2 Å². The van der Waals surface area contributed by atoms with Gasteiger partial charge >= 0.3 is 0 Å². The quantitative estimate of drug-likeness (QED) is 0.880. The summed E-state index contributed by atoms with van der Waals surface area (Å²) in [4.78, 5) is 12.6. The predicted molar refractivity (Wildman–Crippen MR) is 91.8 cm³/mol. The van der Waals surface area contributed by atoms with Gasteiger partial charge in [0.05, 0.1) is 34.0 Å². The molecule has 0 saturated carbocycles. The van der Waals surface area contributed by atoms with Crippen LogP contribution < -0.4 is 24.3 Å². The maximum atomic E-state index is 12.6. The molecule has 0 spiro atoms. The van der Waals surface area contributed by atoms with Crippen LogP contribution >= 0.6 is 0 Å². The maximum absolute atomic E-state index is 12.6. The van der Waals surface area contributed by atoms with Gasteiger partial charge in [0.25, 0.3) is 5.91 Å². The van der Waals surface area contributed by atoms with Crippen LogP contribution in [0.2, 0.25) is 0 Å². The second-order valence-electron chi connectivity index (χ2n) is 5.05. The molecule has 6 heteroatoms. The lowest BCUT2D eigenvalue weighted by atomic mass is 10.1. The highest BCUT2D eigenvalue weighted by molar-refractivity contribution is 6.06. The van der Waals surface area contributed by atoms with Gasteiger partial charge in [-0.05, 0) is 36.8 Å². The highest BCUT2D eigenvalue weighted by atomic mass is 16.5. The first kappa shape index (κ1) is 17.5. The number of nitrogens with one attached hydrogen (secondary N) is 1. The van der Waals surface area contributed by atoms with Crippen molar-refractivity contribution in [3.05, 3.63) is 41.5 Å². The lowest BCUT2D eigenvalue weighted by Crippen LogP contribution is -2.14. The molecule has 0 bridgehead atoms. The number of carbonyl (C=O) groups is 1. The number of hydrogen-bond donors (Lipinski definition) is 1. The molecule has 0 atom stereocenters. The summed E-state index contributed by atoms with van der Waals surface area (Å²) in [6.45, 7) is 1.89. The van der Waals surface area contributed by atoms with Crippen LogP contribution in [0, 0.1) is 6.92 Å². The van der Waals surface area contributed by atoms with Crippen LogP contribution in [-0.4, -0.2) is 34.3 Å². The molecule has 1 N–H and O–H groups in total. The zero-order valence-electron chi connectivity index (χ0n) is 14.4. The molecule has 0 aromatic heterocycles. The summed E-state index contributed by atoms with van der Waals surface area (Å²) in [6.07, 6.45) is 0. The van der Waals surface area contributed by atoms with Gasteiger partial charge in [-0.15, -0.1) is 0 Å². The van der Waals surface area contributed by atoms with Gasteiger partial charge in [0, 0.05) is 11.8 Å². The number of methoxy groups -OCH3 is 4. The van der Waals surface area contributed by atoms with Crippen molar-refractivity contribution in [2.75, 3.05) is 33.8 Å². The van der Waals surface area contributed by atoms with Crippen LogP contribution in [0.1, 0.15) is 15.9 Å². The van der Waals surface area contributed by atoms with Crippen molar-refractivity contribution in [1.29, 1.82) is 0 Å². The lowest BCUT2D eigenvalue weighted by Gasteiger charge is -2.14. The average Bonchev–Trinajstić information content (AvgIpc) is 2.60. The Labute approximate surface area is 141 Å². The van der Waals surface area contributed by atoms with Gasteiger partial charge in [-0.3, -0.25) is 4.79 Å². The molecule has 2 aromatic rings. The number of ether oxygens (including phenoxy) is 4. The first-order valence-corrected chi connectivity index (χ1v) is 7.30. The smallest absolute Gasteiger partial charge is 0.259 e. The Hall–Kier alpha value is -2.89. The van der Waals surface area contributed by atoms with Crippen molar-refractivity contribution in [1.82, 2.24) is 0 Å². The number of aryl methyl sites for hydroxylation is 1. The molecule has 128 valence electrons. The zero-order chi connectivity index (χ0) is 17.7. The minimum absolute atomic E-state index is 0.308. The summed E-state index contributed by atoms with van der Waals surface area (Å²) < 4.78 is 21.0. The number of hydrogen-bond acceptors (Lipinski definition) is 5. The molecule has 1 amide bonds. The maximum Gasteiger partial charge on any atom is 0.259 e. The van der Waals surface area contributed by atoms with E-state index in [1.165, 1.54) is 14.2 Å². The van der Waals surface area contributed by atoms with Crippen LogP contribution in [0.15, 0.2) is 30.3 Å². The Morgan fingerprint density at radius 2 is 1.42 bits per heavy atom. The van der Waals surface area contributed by atoms with E-state index in [1.54, 1.807) is 44.6 Å². The van der Waals surface area contributed by atoms with Gasteiger partial charge in [-0.25, -0.2) is 0 Å². The third-order valence-corrected chi connectivity index (χ3v) is 3.60. The van der Waals surface area contributed by atoms with E-state index in [9.17, 15) is 4.79 Å². The Morgan fingerprint density at radius 1 is 0.792 bits per heavy atom. The summed E-state index contributed by atoms with van der Waals surface area (Å²) in [7, 11) is 6.18. The van der Waals surface area contributed by atoms with E-state index in [2.05, 4.69) is 5.32 Å².